The predicted octanol–water partition coefficient (Wildman–Crippen LogP) is 5.81. The molecular formula is C25H25N5O2. The van der Waals surface area contributed by atoms with Gasteiger partial charge in [-0.15, -0.1) is 0 Å². The lowest BCUT2D eigenvalue weighted by Crippen LogP contribution is -2.19. The molecule has 0 radical (unpaired) electrons. The molecule has 3 N–H and O–H groups in total. The standard InChI is InChI=1S/C25H25N5O2/c1-15(2)11-21(31)18-5-4-6-20(12-18)30-25(32)29-19-9-7-17(8-10-19)23-22-16(3)13-26-24(22)28-14-27-23/h4-10,12-15H,11H2,1-3H3,(H,26,27,28)(H2,29,30,32). The van der Waals surface area contributed by atoms with Crippen LogP contribution in [0.1, 0.15) is 36.2 Å². The molecule has 0 bridgehead atoms. The summed E-state index contributed by atoms with van der Waals surface area (Å²) in [5.74, 6) is 0.348. The number of Topliss-reactive ketones (excluding diaryl/α,β-unsaturated/α-hetero) is 1. The Morgan fingerprint density at radius 2 is 1.75 bits per heavy atom. The van der Waals surface area contributed by atoms with Crippen LogP contribution in [0.3, 0.4) is 0 Å². The van der Waals surface area contributed by atoms with Crippen LogP contribution in [0.15, 0.2) is 61.1 Å². The third kappa shape index (κ3) is 4.67. The second-order valence-electron chi connectivity index (χ2n) is 8.18. The Kier molecular flexibility index (Phi) is 5.98. The fraction of sp³-hybridized carbons (Fsp3) is 0.200. The van der Waals surface area contributed by atoms with Crippen molar-refractivity contribution in [1.82, 2.24) is 15.0 Å². The number of aryl methyl sites for hydroxylation is 1. The Hall–Kier alpha value is -4.00. The van der Waals surface area contributed by atoms with E-state index in [1.807, 2.05) is 51.2 Å². The molecule has 4 aromatic rings. The molecule has 2 aromatic heterocycles. The van der Waals surface area contributed by atoms with Crippen molar-refractivity contribution in [2.24, 2.45) is 5.92 Å². The number of hydrogen-bond acceptors (Lipinski definition) is 4. The molecule has 32 heavy (non-hydrogen) atoms. The zero-order valence-corrected chi connectivity index (χ0v) is 18.3. The Labute approximate surface area is 186 Å². The lowest BCUT2D eigenvalue weighted by molar-refractivity contribution is 0.0968. The quantitative estimate of drug-likeness (QED) is 0.338. The summed E-state index contributed by atoms with van der Waals surface area (Å²) in [6, 6.07) is 14.1. The number of benzene rings is 2. The topological polar surface area (TPSA) is 99.8 Å². The highest BCUT2D eigenvalue weighted by atomic mass is 16.2. The van der Waals surface area contributed by atoms with Gasteiger partial charge < -0.3 is 15.6 Å². The Morgan fingerprint density at radius 1 is 1.00 bits per heavy atom. The number of aromatic amines is 1. The van der Waals surface area contributed by atoms with E-state index in [9.17, 15) is 9.59 Å². The number of H-pyrrole nitrogens is 1. The SMILES string of the molecule is Cc1c[nH]c2ncnc(-c3ccc(NC(=O)Nc4cccc(C(=O)CC(C)C)c4)cc3)c12. The number of carbonyl (C=O) groups is 2. The average molecular weight is 428 g/mol. The summed E-state index contributed by atoms with van der Waals surface area (Å²) in [4.78, 5) is 36.6. The van der Waals surface area contributed by atoms with Crippen LogP contribution in [0, 0.1) is 12.8 Å². The molecule has 0 saturated carbocycles. The Bertz CT molecular complexity index is 1280. The number of carbonyl (C=O) groups excluding carboxylic acids is 2. The molecule has 0 fully saturated rings. The third-order valence-electron chi connectivity index (χ3n) is 5.12. The minimum atomic E-state index is -0.378. The highest BCUT2D eigenvalue weighted by Gasteiger charge is 2.12. The van der Waals surface area contributed by atoms with E-state index in [0.717, 1.165) is 27.9 Å². The number of amides is 2. The normalized spacial score (nSPS) is 11.0. The molecule has 2 amide bonds. The van der Waals surface area contributed by atoms with Gasteiger partial charge in [0.15, 0.2) is 5.78 Å². The fourth-order valence-electron chi connectivity index (χ4n) is 3.60. The second-order valence-corrected chi connectivity index (χ2v) is 8.18. The summed E-state index contributed by atoms with van der Waals surface area (Å²) in [6.45, 7) is 6.02. The van der Waals surface area contributed by atoms with Crippen LogP contribution < -0.4 is 10.6 Å². The van der Waals surface area contributed by atoms with Crippen molar-refractivity contribution in [3.8, 4) is 11.3 Å². The first kappa shape index (κ1) is 21.2. The molecule has 7 heteroatoms. The summed E-state index contributed by atoms with van der Waals surface area (Å²) in [7, 11) is 0. The Balaban J connectivity index is 1.44. The van der Waals surface area contributed by atoms with Gasteiger partial charge >= 0.3 is 6.03 Å². The summed E-state index contributed by atoms with van der Waals surface area (Å²) >= 11 is 0. The monoisotopic (exact) mass is 427 g/mol. The number of anilines is 2. The number of ketones is 1. The predicted molar refractivity (Wildman–Crippen MR) is 127 cm³/mol. The van der Waals surface area contributed by atoms with Crippen molar-refractivity contribution in [3.05, 3.63) is 72.2 Å². The van der Waals surface area contributed by atoms with Gasteiger partial charge in [0, 0.05) is 40.5 Å². The van der Waals surface area contributed by atoms with E-state index in [-0.39, 0.29) is 17.7 Å². The van der Waals surface area contributed by atoms with Gasteiger partial charge in [0.2, 0.25) is 0 Å². The van der Waals surface area contributed by atoms with Crippen molar-refractivity contribution in [2.45, 2.75) is 27.2 Å². The number of nitrogens with zero attached hydrogens (tertiary/aromatic N) is 2. The maximum Gasteiger partial charge on any atom is 0.323 e. The maximum absolute atomic E-state index is 12.4. The number of nitrogens with one attached hydrogen (secondary N) is 3. The average Bonchev–Trinajstić information content (AvgIpc) is 3.15. The van der Waals surface area contributed by atoms with Gasteiger partial charge in [-0.25, -0.2) is 14.8 Å². The van der Waals surface area contributed by atoms with Crippen molar-refractivity contribution in [1.29, 1.82) is 0 Å². The van der Waals surface area contributed by atoms with Crippen LogP contribution in [0.4, 0.5) is 16.2 Å². The second kappa shape index (κ2) is 9.01. The van der Waals surface area contributed by atoms with E-state index in [2.05, 4.69) is 25.6 Å². The summed E-state index contributed by atoms with van der Waals surface area (Å²) in [5.41, 5.74) is 5.45. The van der Waals surface area contributed by atoms with Crippen LogP contribution in [-0.2, 0) is 0 Å². The molecule has 0 unspecified atom stereocenters. The molecule has 0 saturated heterocycles. The molecule has 0 atom stereocenters. The van der Waals surface area contributed by atoms with E-state index in [0.29, 0.717) is 23.4 Å². The first-order valence-corrected chi connectivity index (χ1v) is 10.5. The van der Waals surface area contributed by atoms with Gasteiger partial charge in [0.05, 0.1) is 5.69 Å². The van der Waals surface area contributed by atoms with Crippen LogP contribution in [0.25, 0.3) is 22.3 Å². The molecule has 162 valence electrons. The lowest BCUT2D eigenvalue weighted by atomic mass is 10.0. The largest absolute Gasteiger partial charge is 0.346 e. The molecule has 2 aromatic carbocycles. The first-order valence-electron chi connectivity index (χ1n) is 10.5. The van der Waals surface area contributed by atoms with Gasteiger partial charge in [-0.3, -0.25) is 4.79 Å². The van der Waals surface area contributed by atoms with E-state index in [4.69, 9.17) is 0 Å². The molecule has 2 heterocycles. The zero-order valence-electron chi connectivity index (χ0n) is 18.3. The van der Waals surface area contributed by atoms with Crippen molar-refractivity contribution < 1.29 is 9.59 Å². The number of fused-ring (bicyclic) bond motifs is 1. The van der Waals surface area contributed by atoms with Crippen molar-refractivity contribution in [2.75, 3.05) is 10.6 Å². The van der Waals surface area contributed by atoms with Crippen LogP contribution in [0.2, 0.25) is 0 Å². The maximum atomic E-state index is 12.4. The molecule has 0 aliphatic heterocycles. The molecular weight excluding hydrogens is 402 g/mol. The molecule has 0 aliphatic rings. The highest BCUT2D eigenvalue weighted by Crippen LogP contribution is 2.28. The van der Waals surface area contributed by atoms with Crippen molar-refractivity contribution >= 4 is 34.2 Å². The number of rotatable bonds is 6. The smallest absolute Gasteiger partial charge is 0.323 e. The first-order chi connectivity index (χ1) is 15.4. The third-order valence-corrected chi connectivity index (χ3v) is 5.12. The van der Waals surface area contributed by atoms with Gasteiger partial charge in [0.1, 0.15) is 12.0 Å². The van der Waals surface area contributed by atoms with Gasteiger partial charge in [-0.1, -0.05) is 38.1 Å². The van der Waals surface area contributed by atoms with Gasteiger partial charge in [-0.05, 0) is 42.7 Å². The van der Waals surface area contributed by atoms with Gasteiger partial charge in [-0.2, -0.15) is 0 Å². The van der Waals surface area contributed by atoms with Crippen LogP contribution in [-0.4, -0.2) is 26.8 Å². The number of hydrogen-bond donors (Lipinski definition) is 3. The van der Waals surface area contributed by atoms with E-state index in [1.54, 1.807) is 24.3 Å². The lowest BCUT2D eigenvalue weighted by Gasteiger charge is -2.10. The van der Waals surface area contributed by atoms with E-state index >= 15 is 0 Å². The summed E-state index contributed by atoms with van der Waals surface area (Å²) in [5, 5.41) is 6.59. The van der Waals surface area contributed by atoms with Crippen LogP contribution in [0.5, 0.6) is 0 Å². The van der Waals surface area contributed by atoms with Gasteiger partial charge in [0.25, 0.3) is 0 Å². The molecule has 4 rings (SSSR count). The Morgan fingerprint density at radius 3 is 2.50 bits per heavy atom. The number of urea groups is 1. The highest BCUT2D eigenvalue weighted by molar-refractivity contribution is 6.02. The summed E-state index contributed by atoms with van der Waals surface area (Å²) < 4.78 is 0. The minimum absolute atomic E-state index is 0.0659. The zero-order chi connectivity index (χ0) is 22.7. The molecule has 0 spiro atoms. The minimum Gasteiger partial charge on any atom is -0.346 e. The molecule has 0 aliphatic carbocycles. The summed E-state index contributed by atoms with van der Waals surface area (Å²) in [6.07, 6.45) is 3.92. The fourth-order valence-corrected chi connectivity index (χ4v) is 3.60. The molecule has 7 nitrogen and oxygen atoms in total. The number of aromatic nitrogens is 3. The van der Waals surface area contributed by atoms with Crippen molar-refractivity contribution in [3.63, 3.8) is 0 Å². The van der Waals surface area contributed by atoms with E-state index in [1.165, 1.54) is 6.33 Å². The van der Waals surface area contributed by atoms with Crippen LogP contribution >= 0.6 is 0 Å². The van der Waals surface area contributed by atoms with E-state index < -0.39 is 0 Å².